The minimum absolute atomic E-state index is 1.09. The molecule has 1 nitrogen and oxygen atoms in total. The summed E-state index contributed by atoms with van der Waals surface area (Å²) in [4.78, 5) is 0. The molecule has 0 saturated heterocycles. The number of rotatable bonds is 2. The Bertz CT molecular complexity index is 1540. The Morgan fingerprint density at radius 3 is 2.03 bits per heavy atom. The Labute approximate surface area is 183 Å². The zero-order valence-corrected chi connectivity index (χ0v) is 17.8. The van der Waals surface area contributed by atoms with E-state index in [2.05, 4.69) is 130 Å². The largest absolute Gasteiger partial charge is 0.309 e. The summed E-state index contributed by atoms with van der Waals surface area (Å²) >= 11 is 3.54. The van der Waals surface area contributed by atoms with Crippen molar-refractivity contribution >= 4 is 48.5 Å². The second-order valence-electron chi connectivity index (χ2n) is 7.59. The molecule has 5 aromatic carbocycles. The van der Waals surface area contributed by atoms with E-state index in [-0.39, 0.29) is 0 Å². The quantitative estimate of drug-likeness (QED) is 0.251. The maximum atomic E-state index is 3.54. The Morgan fingerprint density at radius 1 is 0.500 bits per heavy atom. The fourth-order valence-corrected chi connectivity index (χ4v) is 4.72. The molecule has 0 atom stereocenters. The lowest BCUT2D eigenvalue weighted by molar-refractivity contribution is 1.20. The SMILES string of the molecule is Brc1ccc(-c2ccc3c4ccccc4n(-c4cccc5ccccc45)c3c2)cc1. The zero-order valence-electron chi connectivity index (χ0n) is 16.2. The van der Waals surface area contributed by atoms with Crippen molar-refractivity contribution in [2.24, 2.45) is 0 Å². The van der Waals surface area contributed by atoms with Crippen LogP contribution in [0.3, 0.4) is 0 Å². The van der Waals surface area contributed by atoms with Gasteiger partial charge in [0.2, 0.25) is 0 Å². The highest BCUT2D eigenvalue weighted by Crippen LogP contribution is 2.36. The van der Waals surface area contributed by atoms with Gasteiger partial charge in [0.15, 0.2) is 0 Å². The molecule has 1 heterocycles. The minimum Gasteiger partial charge on any atom is -0.309 e. The summed E-state index contributed by atoms with van der Waals surface area (Å²) in [5, 5.41) is 5.07. The van der Waals surface area contributed by atoms with Crippen molar-refractivity contribution in [3.8, 4) is 16.8 Å². The Balaban J connectivity index is 1.72. The maximum Gasteiger partial charge on any atom is 0.0547 e. The minimum atomic E-state index is 1.09. The number of benzene rings is 5. The van der Waals surface area contributed by atoms with E-state index in [0.717, 1.165) is 4.47 Å². The highest BCUT2D eigenvalue weighted by atomic mass is 79.9. The van der Waals surface area contributed by atoms with E-state index in [1.165, 1.54) is 49.4 Å². The van der Waals surface area contributed by atoms with Crippen LogP contribution in [-0.4, -0.2) is 4.57 Å². The van der Waals surface area contributed by atoms with Crippen LogP contribution in [0.5, 0.6) is 0 Å². The number of halogens is 1. The van der Waals surface area contributed by atoms with Gasteiger partial charge in [-0.05, 0) is 46.8 Å². The fourth-order valence-electron chi connectivity index (χ4n) is 4.46. The summed E-state index contributed by atoms with van der Waals surface area (Å²) in [7, 11) is 0. The molecular formula is C28H18BrN. The average molecular weight is 448 g/mol. The molecule has 0 bridgehead atoms. The molecule has 142 valence electrons. The number of nitrogens with zero attached hydrogens (tertiary/aromatic N) is 1. The van der Waals surface area contributed by atoms with E-state index in [0.29, 0.717) is 0 Å². The first-order valence-corrected chi connectivity index (χ1v) is 10.9. The van der Waals surface area contributed by atoms with Crippen molar-refractivity contribution in [3.05, 3.63) is 114 Å². The number of aromatic nitrogens is 1. The van der Waals surface area contributed by atoms with E-state index in [9.17, 15) is 0 Å². The van der Waals surface area contributed by atoms with Crippen molar-refractivity contribution < 1.29 is 0 Å². The normalized spacial score (nSPS) is 11.5. The molecule has 0 spiro atoms. The van der Waals surface area contributed by atoms with Gasteiger partial charge in [-0.25, -0.2) is 0 Å². The van der Waals surface area contributed by atoms with Crippen LogP contribution in [0.2, 0.25) is 0 Å². The molecule has 0 aliphatic heterocycles. The molecule has 2 heteroatoms. The number of hydrogen-bond acceptors (Lipinski definition) is 0. The van der Waals surface area contributed by atoms with Gasteiger partial charge in [0.1, 0.15) is 0 Å². The molecule has 0 amide bonds. The molecule has 0 radical (unpaired) electrons. The molecule has 0 unspecified atom stereocenters. The summed E-state index contributed by atoms with van der Waals surface area (Å²) < 4.78 is 3.51. The monoisotopic (exact) mass is 447 g/mol. The molecule has 0 fully saturated rings. The van der Waals surface area contributed by atoms with Gasteiger partial charge >= 0.3 is 0 Å². The molecule has 6 rings (SSSR count). The molecule has 0 N–H and O–H groups in total. The van der Waals surface area contributed by atoms with Crippen LogP contribution in [-0.2, 0) is 0 Å². The average Bonchev–Trinajstić information content (AvgIpc) is 3.13. The van der Waals surface area contributed by atoms with Crippen LogP contribution in [0.1, 0.15) is 0 Å². The number of hydrogen-bond donors (Lipinski definition) is 0. The molecule has 0 aliphatic carbocycles. The van der Waals surface area contributed by atoms with Crippen LogP contribution in [0.25, 0.3) is 49.4 Å². The van der Waals surface area contributed by atoms with Gasteiger partial charge in [-0.1, -0.05) is 94.8 Å². The molecule has 0 aliphatic rings. The molecule has 1 aromatic heterocycles. The van der Waals surface area contributed by atoms with Crippen molar-refractivity contribution in [2.75, 3.05) is 0 Å². The van der Waals surface area contributed by atoms with Gasteiger partial charge in [0.25, 0.3) is 0 Å². The number of fused-ring (bicyclic) bond motifs is 4. The zero-order chi connectivity index (χ0) is 20.1. The van der Waals surface area contributed by atoms with Crippen molar-refractivity contribution in [1.82, 2.24) is 4.57 Å². The molecule has 0 saturated carbocycles. The molecule has 6 aromatic rings. The second kappa shape index (κ2) is 6.86. The Hall–Kier alpha value is -3.36. The van der Waals surface area contributed by atoms with Gasteiger partial charge < -0.3 is 4.57 Å². The smallest absolute Gasteiger partial charge is 0.0547 e. The maximum absolute atomic E-state index is 3.54. The Morgan fingerprint density at radius 2 is 1.17 bits per heavy atom. The predicted octanol–water partition coefficient (Wildman–Crippen LogP) is 8.37. The highest BCUT2D eigenvalue weighted by Gasteiger charge is 2.14. The third-order valence-electron chi connectivity index (χ3n) is 5.86. The Kier molecular flexibility index (Phi) is 4.00. The first-order valence-electron chi connectivity index (χ1n) is 10.1. The lowest BCUT2D eigenvalue weighted by Gasteiger charge is -2.12. The standard InChI is InChI=1S/C28H18BrN/c29-22-15-12-19(13-16-22)21-14-17-25-24-9-3-4-10-27(24)30(28(25)18-21)26-11-5-7-20-6-1-2-8-23(20)26/h1-18H. The van der Waals surface area contributed by atoms with Crippen molar-refractivity contribution in [1.29, 1.82) is 0 Å². The van der Waals surface area contributed by atoms with Gasteiger partial charge in [-0.2, -0.15) is 0 Å². The first-order chi connectivity index (χ1) is 14.8. The van der Waals surface area contributed by atoms with Crippen LogP contribution in [0, 0.1) is 0 Å². The molecular weight excluding hydrogens is 430 g/mol. The summed E-state index contributed by atoms with van der Waals surface area (Å²) in [5.74, 6) is 0. The van der Waals surface area contributed by atoms with Crippen molar-refractivity contribution in [3.63, 3.8) is 0 Å². The van der Waals surface area contributed by atoms with E-state index in [4.69, 9.17) is 0 Å². The first kappa shape index (κ1) is 17.5. The van der Waals surface area contributed by atoms with Crippen LogP contribution < -0.4 is 0 Å². The van der Waals surface area contributed by atoms with E-state index < -0.39 is 0 Å². The van der Waals surface area contributed by atoms with E-state index in [1.807, 2.05) is 0 Å². The summed E-state index contributed by atoms with van der Waals surface area (Å²) in [6, 6.07) is 39.2. The van der Waals surface area contributed by atoms with Gasteiger partial charge in [0.05, 0.1) is 16.7 Å². The summed E-state index contributed by atoms with van der Waals surface area (Å²) in [5.41, 5.74) is 6.12. The second-order valence-corrected chi connectivity index (χ2v) is 8.51. The summed E-state index contributed by atoms with van der Waals surface area (Å²) in [6.45, 7) is 0. The third kappa shape index (κ3) is 2.68. The van der Waals surface area contributed by atoms with Gasteiger partial charge in [-0.15, -0.1) is 0 Å². The highest BCUT2D eigenvalue weighted by molar-refractivity contribution is 9.10. The third-order valence-corrected chi connectivity index (χ3v) is 6.39. The van der Waals surface area contributed by atoms with Crippen molar-refractivity contribution in [2.45, 2.75) is 0 Å². The van der Waals surface area contributed by atoms with E-state index >= 15 is 0 Å². The topological polar surface area (TPSA) is 4.93 Å². The van der Waals surface area contributed by atoms with Gasteiger partial charge in [-0.3, -0.25) is 0 Å². The lowest BCUT2D eigenvalue weighted by Crippen LogP contribution is -1.95. The lowest BCUT2D eigenvalue weighted by atomic mass is 10.0. The molecule has 30 heavy (non-hydrogen) atoms. The predicted molar refractivity (Wildman–Crippen MR) is 131 cm³/mol. The van der Waals surface area contributed by atoms with Crippen LogP contribution >= 0.6 is 15.9 Å². The fraction of sp³-hybridized carbons (Fsp3) is 0. The number of para-hydroxylation sites is 1. The van der Waals surface area contributed by atoms with Crippen LogP contribution in [0.4, 0.5) is 0 Å². The van der Waals surface area contributed by atoms with Crippen LogP contribution in [0.15, 0.2) is 114 Å². The summed E-state index contributed by atoms with van der Waals surface area (Å²) in [6.07, 6.45) is 0. The van der Waals surface area contributed by atoms with Gasteiger partial charge in [0, 0.05) is 20.6 Å². The van der Waals surface area contributed by atoms with E-state index in [1.54, 1.807) is 0 Å².